The van der Waals surface area contributed by atoms with Crippen LogP contribution in [0.5, 0.6) is 0 Å². The van der Waals surface area contributed by atoms with Gasteiger partial charge in [0.05, 0.1) is 6.61 Å². The first-order chi connectivity index (χ1) is 9.62. The number of rotatable bonds is 5. The van der Waals surface area contributed by atoms with Gasteiger partial charge in [-0.05, 0) is 38.1 Å². The Morgan fingerprint density at radius 3 is 2.85 bits per heavy atom. The highest BCUT2D eigenvalue weighted by Gasteiger charge is 2.17. The Hall–Kier alpha value is -1.96. The van der Waals surface area contributed by atoms with Crippen LogP contribution < -0.4 is 0 Å². The first kappa shape index (κ1) is 14.4. The second kappa shape index (κ2) is 6.47. The molecule has 0 N–H and O–H groups in total. The Bertz CT molecular complexity index is 614. The fourth-order valence-corrected chi connectivity index (χ4v) is 2.20. The van der Waals surface area contributed by atoms with E-state index in [0.29, 0.717) is 10.9 Å². The highest BCUT2D eigenvalue weighted by Crippen LogP contribution is 2.25. The molecule has 7 nitrogen and oxygen atoms in total. The zero-order valence-corrected chi connectivity index (χ0v) is 12.2. The smallest absolute Gasteiger partial charge is 0.396 e. The Morgan fingerprint density at radius 1 is 1.35 bits per heavy atom. The summed E-state index contributed by atoms with van der Waals surface area (Å²) in [5, 5.41) is 8.37. The molecule has 20 heavy (non-hydrogen) atoms. The van der Waals surface area contributed by atoms with Crippen LogP contribution in [0.1, 0.15) is 36.1 Å². The molecular weight excluding hydrogens is 280 g/mol. The van der Waals surface area contributed by atoms with Crippen molar-refractivity contribution in [2.24, 2.45) is 0 Å². The van der Waals surface area contributed by atoms with Crippen LogP contribution >= 0.6 is 11.8 Å². The lowest BCUT2D eigenvalue weighted by molar-refractivity contribution is 0.0475. The maximum atomic E-state index is 11.4. The van der Waals surface area contributed by atoms with Gasteiger partial charge in [0.2, 0.25) is 0 Å². The van der Waals surface area contributed by atoms with Gasteiger partial charge in [0.1, 0.15) is 10.9 Å². The summed E-state index contributed by atoms with van der Waals surface area (Å²) in [6.07, 6.45) is 0.814. The molecule has 0 aliphatic heterocycles. The van der Waals surface area contributed by atoms with Crippen LogP contribution in [0.4, 0.5) is 0 Å². The van der Waals surface area contributed by atoms with Crippen LogP contribution in [-0.2, 0) is 11.2 Å². The number of carbonyl (C=O) groups is 1. The van der Waals surface area contributed by atoms with E-state index in [9.17, 15) is 4.79 Å². The van der Waals surface area contributed by atoms with Gasteiger partial charge >= 0.3 is 11.9 Å². The Morgan fingerprint density at radius 2 is 2.15 bits per heavy atom. The second-order valence-corrected chi connectivity index (χ2v) is 4.77. The molecule has 2 heterocycles. The number of nitrogens with zero attached hydrogens (tertiary/aromatic N) is 4. The van der Waals surface area contributed by atoms with Crippen molar-refractivity contribution in [3.8, 4) is 0 Å². The van der Waals surface area contributed by atoms with Gasteiger partial charge in [0.25, 0.3) is 5.22 Å². The number of carbonyl (C=O) groups excluding carboxylic acids is 1. The molecule has 2 aromatic rings. The van der Waals surface area contributed by atoms with Gasteiger partial charge in [0.15, 0.2) is 0 Å². The summed E-state index contributed by atoms with van der Waals surface area (Å²) >= 11 is 1.19. The molecule has 0 unspecified atom stereocenters. The number of hydrogen-bond donors (Lipinski definition) is 0. The minimum atomic E-state index is -0.625. The van der Waals surface area contributed by atoms with Crippen molar-refractivity contribution in [1.82, 2.24) is 20.2 Å². The van der Waals surface area contributed by atoms with Gasteiger partial charge in [-0.2, -0.15) is 0 Å². The third-order valence-electron chi connectivity index (χ3n) is 2.28. The summed E-state index contributed by atoms with van der Waals surface area (Å²) in [6.45, 7) is 5.80. The van der Waals surface area contributed by atoms with E-state index in [-0.39, 0.29) is 17.7 Å². The molecule has 0 fully saturated rings. The van der Waals surface area contributed by atoms with Crippen LogP contribution in [0.15, 0.2) is 20.7 Å². The maximum absolute atomic E-state index is 11.4. The normalized spacial score (nSPS) is 10.6. The van der Waals surface area contributed by atoms with Crippen LogP contribution in [0, 0.1) is 6.92 Å². The third kappa shape index (κ3) is 3.53. The molecule has 106 valence electrons. The molecule has 0 saturated heterocycles. The van der Waals surface area contributed by atoms with Crippen LogP contribution in [0.2, 0.25) is 0 Å². The zero-order chi connectivity index (χ0) is 14.5. The lowest BCUT2D eigenvalue weighted by atomic mass is 10.3. The molecule has 2 aromatic heterocycles. The molecule has 0 aromatic carbocycles. The van der Waals surface area contributed by atoms with Crippen molar-refractivity contribution in [3.05, 3.63) is 23.5 Å². The molecule has 0 aliphatic carbocycles. The van der Waals surface area contributed by atoms with Crippen molar-refractivity contribution < 1.29 is 13.9 Å². The van der Waals surface area contributed by atoms with E-state index in [1.165, 1.54) is 11.8 Å². The minimum absolute atomic E-state index is 0.157. The lowest BCUT2D eigenvalue weighted by Gasteiger charge is -2.01. The van der Waals surface area contributed by atoms with E-state index in [4.69, 9.17) is 9.15 Å². The van der Waals surface area contributed by atoms with Gasteiger partial charge in [0, 0.05) is 5.69 Å². The lowest BCUT2D eigenvalue weighted by Crippen LogP contribution is -2.04. The Balaban J connectivity index is 2.14. The first-order valence-corrected chi connectivity index (χ1v) is 6.97. The third-order valence-corrected chi connectivity index (χ3v) is 3.04. The number of hydrogen-bond acceptors (Lipinski definition) is 8. The molecule has 0 amide bonds. The van der Waals surface area contributed by atoms with E-state index in [1.807, 2.05) is 19.9 Å². The number of esters is 1. The van der Waals surface area contributed by atoms with Crippen LogP contribution in [0.3, 0.4) is 0 Å². The summed E-state index contributed by atoms with van der Waals surface area (Å²) in [5.41, 5.74) is 0.935. The van der Waals surface area contributed by atoms with Crippen LogP contribution in [0.25, 0.3) is 0 Å². The quantitative estimate of drug-likeness (QED) is 0.611. The summed E-state index contributed by atoms with van der Waals surface area (Å²) in [4.78, 5) is 20.0. The Labute approximate surface area is 120 Å². The molecule has 0 aliphatic rings. The molecular formula is C12H14N4O3S. The van der Waals surface area contributed by atoms with E-state index in [0.717, 1.165) is 12.1 Å². The summed E-state index contributed by atoms with van der Waals surface area (Å²) < 4.78 is 10.00. The average molecular weight is 294 g/mol. The van der Waals surface area contributed by atoms with Crippen molar-refractivity contribution in [1.29, 1.82) is 0 Å². The largest absolute Gasteiger partial charge is 0.459 e. The van der Waals surface area contributed by atoms with Crippen LogP contribution in [-0.4, -0.2) is 32.7 Å². The zero-order valence-electron chi connectivity index (χ0n) is 11.4. The number of aryl methyl sites for hydroxylation is 2. The van der Waals surface area contributed by atoms with Crippen molar-refractivity contribution >= 4 is 17.7 Å². The highest BCUT2D eigenvalue weighted by molar-refractivity contribution is 7.99. The van der Waals surface area contributed by atoms with Crippen molar-refractivity contribution in [3.63, 3.8) is 0 Å². The standard InChI is InChI=1S/C12H14N4O3S/c1-4-8-6-9(14-7(3)13-8)20-12-16-15-10(19-12)11(17)18-5-2/h6H,4-5H2,1-3H3. The Kier molecular flexibility index (Phi) is 4.67. The summed E-state index contributed by atoms with van der Waals surface area (Å²) in [5.74, 6) is -0.104. The molecule has 0 bridgehead atoms. The van der Waals surface area contributed by atoms with Gasteiger partial charge in [-0.3, -0.25) is 0 Å². The molecule has 2 rings (SSSR count). The van der Waals surface area contributed by atoms with E-state index >= 15 is 0 Å². The maximum Gasteiger partial charge on any atom is 0.396 e. The van der Waals surface area contributed by atoms with Gasteiger partial charge in [-0.25, -0.2) is 14.8 Å². The fraction of sp³-hybridized carbons (Fsp3) is 0.417. The average Bonchev–Trinajstić information content (AvgIpc) is 2.87. The monoisotopic (exact) mass is 294 g/mol. The molecule has 0 saturated carbocycles. The van der Waals surface area contributed by atoms with Crippen molar-refractivity contribution in [2.45, 2.75) is 37.4 Å². The summed E-state index contributed by atoms with van der Waals surface area (Å²) in [7, 11) is 0. The SMILES string of the molecule is CCOC(=O)c1nnc(Sc2cc(CC)nc(C)n2)o1. The van der Waals surface area contributed by atoms with Crippen molar-refractivity contribution in [2.75, 3.05) is 6.61 Å². The van der Waals surface area contributed by atoms with Gasteiger partial charge < -0.3 is 9.15 Å². The highest BCUT2D eigenvalue weighted by atomic mass is 32.2. The van der Waals surface area contributed by atoms with E-state index in [1.54, 1.807) is 6.92 Å². The second-order valence-electron chi connectivity index (χ2n) is 3.79. The topological polar surface area (TPSA) is 91.0 Å². The van der Waals surface area contributed by atoms with E-state index < -0.39 is 5.97 Å². The fourth-order valence-electron chi connectivity index (χ4n) is 1.45. The van der Waals surface area contributed by atoms with Gasteiger partial charge in [-0.15, -0.1) is 5.10 Å². The number of aromatic nitrogens is 4. The summed E-state index contributed by atoms with van der Waals surface area (Å²) in [6, 6.07) is 1.85. The number of ether oxygens (including phenoxy) is 1. The van der Waals surface area contributed by atoms with E-state index in [2.05, 4.69) is 20.2 Å². The predicted octanol–water partition coefficient (Wildman–Crippen LogP) is 2.06. The first-order valence-electron chi connectivity index (χ1n) is 6.15. The molecule has 0 radical (unpaired) electrons. The molecule has 8 heteroatoms. The minimum Gasteiger partial charge on any atom is -0.459 e. The predicted molar refractivity (Wildman–Crippen MR) is 70.5 cm³/mol. The van der Waals surface area contributed by atoms with Gasteiger partial charge in [-0.1, -0.05) is 12.0 Å². The molecule has 0 spiro atoms. The molecule has 0 atom stereocenters.